The molecule has 0 bridgehead atoms. The van der Waals surface area contributed by atoms with Gasteiger partial charge in [0, 0.05) is 6.54 Å². The Morgan fingerprint density at radius 2 is 1.86 bits per heavy atom. The summed E-state index contributed by atoms with van der Waals surface area (Å²) in [5.41, 5.74) is -6.28. The van der Waals surface area contributed by atoms with Gasteiger partial charge >= 0.3 is 21.7 Å². The van der Waals surface area contributed by atoms with Crippen LogP contribution in [0.25, 0.3) is 0 Å². The summed E-state index contributed by atoms with van der Waals surface area (Å²) in [6.07, 6.45) is 0.330. The molecule has 1 atom stereocenters. The van der Waals surface area contributed by atoms with Crippen LogP contribution in [0.1, 0.15) is 20.8 Å². The van der Waals surface area contributed by atoms with Crippen LogP contribution in [-0.4, -0.2) is 49.7 Å². The van der Waals surface area contributed by atoms with E-state index < -0.39 is 33.4 Å². The van der Waals surface area contributed by atoms with Crippen molar-refractivity contribution in [1.82, 2.24) is 4.90 Å². The predicted molar refractivity (Wildman–Crippen MR) is 66.8 cm³/mol. The Hall–Kier alpha value is -1.29. The molecule has 6 nitrogen and oxygen atoms in total. The highest BCUT2D eigenvalue weighted by Crippen LogP contribution is 2.26. The first-order chi connectivity index (χ1) is 9.32. The van der Waals surface area contributed by atoms with E-state index in [1.807, 2.05) is 0 Å². The molecular weight excluding hydrogens is 315 g/mol. The van der Waals surface area contributed by atoms with Crippen molar-refractivity contribution < 1.29 is 35.3 Å². The maximum atomic E-state index is 12.2. The monoisotopic (exact) mass is 331 g/mol. The van der Waals surface area contributed by atoms with E-state index in [2.05, 4.69) is 4.18 Å². The second-order valence-electron chi connectivity index (χ2n) is 5.35. The SMILES string of the molecule is CC(C)(C)OC(=O)N1CC=CC(OS(=O)(=O)C(F)(F)F)C1. The minimum Gasteiger partial charge on any atom is -0.444 e. The van der Waals surface area contributed by atoms with Gasteiger partial charge in [-0.15, -0.1) is 0 Å². The lowest BCUT2D eigenvalue weighted by molar-refractivity contribution is -0.0569. The van der Waals surface area contributed by atoms with Crippen LogP contribution in [0.3, 0.4) is 0 Å². The number of ether oxygens (including phenoxy) is 1. The van der Waals surface area contributed by atoms with E-state index in [1.165, 1.54) is 6.08 Å². The molecule has 0 aromatic carbocycles. The van der Waals surface area contributed by atoms with Crippen molar-refractivity contribution >= 4 is 16.2 Å². The average molecular weight is 331 g/mol. The first kappa shape index (κ1) is 17.8. The zero-order chi connectivity index (χ0) is 16.5. The van der Waals surface area contributed by atoms with Crippen LogP contribution in [0, 0.1) is 0 Å². The van der Waals surface area contributed by atoms with Crippen molar-refractivity contribution in [2.75, 3.05) is 13.1 Å². The molecule has 0 aromatic rings. The van der Waals surface area contributed by atoms with Crippen LogP contribution in [0.2, 0.25) is 0 Å². The number of hydrogen-bond acceptors (Lipinski definition) is 5. The lowest BCUT2D eigenvalue weighted by atomic mass is 10.2. The van der Waals surface area contributed by atoms with Crippen molar-refractivity contribution in [3.8, 4) is 0 Å². The molecule has 0 aliphatic carbocycles. The molecular formula is C11H16F3NO5S. The molecule has 1 unspecified atom stereocenters. The van der Waals surface area contributed by atoms with Crippen LogP contribution in [0.5, 0.6) is 0 Å². The summed E-state index contributed by atoms with van der Waals surface area (Å²) in [5, 5.41) is 0. The van der Waals surface area contributed by atoms with E-state index >= 15 is 0 Å². The average Bonchev–Trinajstić information content (AvgIpc) is 2.24. The fraction of sp³-hybridized carbons (Fsp3) is 0.727. The lowest BCUT2D eigenvalue weighted by Gasteiger charge is -2.30. The Morgan fingerprint density at radius 1 is 1.29 bits per heavy atom. The molecule has 0 aromatic heterocycles. The predicted octanol–water partition coefficient (Wildman–Crippen LogP) is 2.03. The Bertz CT molecular complexity index is 521. The summed E-state index contributed by atoms with van der Waals surface area (Å²) in [4.78, 5) is 12.8. The van der Waals surface area contributed by atoms with Gasteiger partial charge in [-0.05, 0) is 20.8 Å². The van der Waals surface area contributed by atoms with Crippen molar-refractivity contribution in [2.24, 2.45) is 0 Å². The zero-order valence-electron chi connectivity index (χ0n) is 11.7. The first-order valence-corrected chi connectivity index (χ1v) is 7.37. The fourth-order valence-electron chi connectivity index (χ4n) is 1.45. The first-order valence-electron chi connectivity index (χ1n) is 5.96. The summed E-state index contributed by atoms with van der Waals surface area (Å²) in [5.74, 6) is 0. The molecule has 1 heterocycles. The molecule has 0 radical (unpaired) electrons. The summed E-state index contributed by atoms with van der Waals surface area (Å²) in [7, 11) is -5.71. The number of hydrogen-bond donors (Lipinski definition) is 0. The minimum absolute atomic E-state index is 0.0981. The van der Waals surface area contributed by atoms with Gasteiger partial charge in [0.05, 0.1) is 6.54 Å². The fourth-order valence-corrected chi connectivity index (χ4v) is 2.01. The summed E-state index contributed by atoms with van der Waals surface area (Å²) < 4.78 is 67.6. The lowest BCUT2D eigenvalue weighted by Crippen LogP contribution is -2.44. The van der Waals surface area contributed by atoms with E-state index in [-0.39, 0.29) is 13.1 Å². The summed E-state index contributed by atoms with van der Waals surface area (Å²) in [6.45, 7) is 4.65. The third-order valence-corrected chi connectivity index (χ3v) is 3.33. The molecule has 0 saturated heterocycles. The topological polar surface area (TPSA) is 72.9 Å². The highest BCUT2D eigenvalue weighted by molar-refractivity contribution is 7.87. The van der Waals surface area contributed by atoms with Crippen molar-refractivity contribution in [1.29, 1.82) is 0 Å². The Kier molecular flexibility index (Phi) is 4.94. The Labute approximate surface area is 120 Å². The third kappa shape index (κ3) is 5.20. The zero-order valence-corrected chi connectivity index (χ0v) is 12.5. The Morgan fingerprint density at radius 3 is 2.33 bits per heavy atom. The molecule has 21 heavy (non-hydrogen) atoms. The molecule has 0 fully saturated rings. The Balaban J connectivity index is 2.72. The van der Waals surface area contributed by atoms with E-state index in [1.54, 1.807) is 20.8 Å². The maximum Gasteiger partial charge on any atom is 0.523 e. The van der Waals surface area contributed by atoms with Crippen LogP contribution >= 0.6 is 0 Å². The second-order valence-corrected chi connectivity index (χ2v) is 6.91. The summed E-state index contributed by atoms with van der Waals surface area (Å²) >= 11 is 0. The van der Waals surface area contributed by atoms with Crippen LogP contribution in [0.15, 0.2) is 12.2 Å². The largest absolute Gasteiger partial charge is 0.523 e. The van der Waals surface area contributed by atoms with E-state index in [4.69, 9.17) is 4.74 Å². The molecule has 1 rings (SSSR count). The van der Waals surface area contributed by atoms with Gasteiger partial charge in [-0.2, -0.15) is 21.6 Å². The molecule has 0 N–H and O–H groups in total. The highest BCUT2D eigenvalue weighted by atomic mass is 32.2. The van der Waals surface area contributed by atoms with Gasteiger partial charge in [-0.1, -0.05) is 12.2 Å². The van der Waals surface area contributed by atoms with Crippen molar-refractivity contribution in [2.45, 2.75) is 38.0 Å². The molecule has 0 spiro atoms. The van der Waals surface area contributed by atoms with Gasteiger partial charge < -0.3 is 9.64 Å². The smallest absolute Gasteiger partial charge is 0.444 e. The van der Waals surface area contributed by atoms with Crippen molar-refractivity contribution in [3.63, 3.8) is 0 Å². The number of nitrogens with zero attached hydrogens (tertiary/aromatic N) is 1. The minimum atomic E-state index is -5.71. The van der Waals surface area contributed by atoms with Crippen molar-refractivity contribution in [3.05, 3.63) is 12.2 Å². The van der Waals surface area contributed by atoms with Gasteiger partial charge in [-0.3, -0.25) is 4.18 Å². The van der Waals surface area contributed by atoms with Crippen LogP contribution < -0.4 is 0 Å². The van der Waals surface area contributed by atoms with Crippen LogP contribution in [-0.2, 0) is 19.0 Å². The van der Waals surface area contributed by atoms with E-state index in [0.29, 0.717) is 0 Å². The number of halogens is 3. The van der Waals surface area contributed by atoms with Gasteiger partial charge in [0.15, 0.2) is 0 Å². The summed E-state index contributed by atoms with van der Waals surface area (Å²) in [6, 6.07) is 0. The highest BCUT2D eigenvalue weighted by Gasteiger charge is 2.48. The number of rotatable bonds is 2. The molecule has 122 valence electrons. The second kappa shape index (κ2) is 5.84. The van der Waals surface area contributed by atoms with Gasteiger partial charge in [0.25, 0.3) is 0 Å². The molecule has 1 aliphatic heterocycles. The number of alkyl halides is 3. The normalized spacial score (nSPS) is 20.5. The van der Waals surface area contributed by atoms with E-state index in [9.17, 15) is 26.4 Å². The number of amides is 1. The number of carbonyl (C=O) groups is 1. The molecule has 10 heteroatoms. The molecule has 0 saturated carbocycles. The standard InChI is InChI=1S/C11H16F3NO5S/c1-10(2,3)19-9(16)15-6-4-5-8(7-15)20-21(17,18)11(12,13)14/h4-5,8H,6-7H2,1-3H3. The van der Waals surface area contributed by atoms with E-state index in [0.717, 1.165) is 11.0 Å². The molecule has 1 amide bonds. The number of carbonyl (C=O) groups excluding carboxylic acids is 1. The van der Waals surface area contributed by atoms with Gasteiger partial charge in [0.1, 0.15) is 11.7 Å². The van der Waals surface area contributed by atoms with Crippen LogP contribution in [0.4, 0.5) is 18.0 Å². The van der Waals surface area contributed by atoms with Gasteiger partial charge in [0.2, 0.25) is 0 Å². The molecule has 1 aliphatic rings. The maximum absolute atomic E-state index is 12.2. The quantitative estimate of drug-likeness (QED) is 0.440. The van der Waals surface area contributed by atoms with Gasteiger partial charge in [-0.25, -0.2) is 4.79 Å². The third-order valence-electron chi connectivity index (χ3n) is 2.26.